The molecule has 0 fully saturated rings. The van der Waals surface area contributed by atoms with Crippen molar-refractivity contribution in [3.8, 4) is 0 Å². The van der Waals surface area contributed by atoms with Crippen LogP contribution in [0.2, 0.25) is 0 Å². The minimum Gasteiger partial charge on any atom is -0.366 e. The third-order valence-corrected chi connectivity index (χ3v) is 3.75. The fourth-order valence-corrected chi connectivity index (χ4v) is 2.48. The van der Waals surface area contributed by atoms with Gasteiger partial charge in [-0.3, -0.25) is 4.79 Å². The molecule has 0 aromatic heterocycles. The number of primary amides is 1. The van der Waals surface area contributed by atoms with Gasteiger partial charge < -0.3 is 16.4 Å². The lowest BCUT2D eigenvalue weighted by atomic mass is 10.1. The van der Waals surface area contributed by atoms with Gasteiger partial charge in [0.15, 0.2) is 5.96 Å². The number of aliphatic imine (C=N–C) groups is 1. The number of hydrogen-bond acceptors (Lipinski definition) is 2. The van der Waals surface area contributed by atoms with Crippen molar-refractivity contribution in [1.29, 1.82) is 0 Å². The highest BCUT2D eigenvalue weighted by molar-refractivity contribution is 5.92. The maximum atomic E-state index is 11.2. The van der Waals surface area contributed by atoms with Gasteiger partial charge in [-0.1, -0.05) is 42.5 Å². The predicted molar refractivity (Wildman–Crippen MR) is 103 cm³/mol. The Kier molecular flexibility index (Phi) is 7.50. The molecule has 0 atom stereocenters. The van der Waals surface area contributed by atoms with Crippen molar-refractivity contribution in [2.75, 3.05) is 13.1 Å². The molecule has 2 aromatic rings. The van der Waals surface area contributed by atoms with Crippen molar-refractivity contribution in [2.45, 2.75) is 26.3 Å². The first kappa shape index (κ1) is 18.5. The highest BCUT2D eigenvalue weighted by atomic mass is 16.1. The molecule has 0 radical (unpaired) electrons. The van der Waals surface area contributed by atoms with Crippen molar-refractivity contribution in [3.05, 3.63) is 71.3 Å². The summed E-state index contributed by atoms with van der Waals surface area (Å²) < 4.78 is 0. The van der Waals surface area contributed by atoms with E-state index >= 15 is 0 Å². The zero-order chi connectivity index (χ0) is 17.9. The average molecular weight is 338 g/mol. The van der Waals surface area contributed by atoms with Gasteiger partial charge in [0.05, 0.1) is 6.54 Å². The van der Waals surface area contributed by atoms with Crippen molar-refractivity contribution in [2.24, 2.45) is 10.7 Å². The smallest absolute Gasteiger partial charge is 0.248 e. The molecule has 0 unspecified atom stereocenters. The average Bonchev–Trinajstić information content (AvgIpc) is 2.64. The van der Waals surface area contributed by atoms with Crippen LogP contribution in [0.5, 0.6) is 0 Å². The third-order valence-electron chi connectivity index (χ3n) is 3.75. The van der Waals surface area contributed by atoms with E-state index in [1.807, 2.05) is 25.1 Å². The number of nitrogens with zero attached hydrogens (tertiary/aromatic N) is 1. The van der Waals surface area contributed by atoms with Crippen LogP contribution < -0.4 is 16.4 Å². The van der Waals surface area contributed by atoms with Gasteiger partial charge in [0.1, 0.15) is 0 Å². The third kappa shape index (κ3) is 6.67. The topological polar surface area (TPSA) is 79.5 Å². The second kappa shape index (κ2) is 10.1. The number of nitrogens with one attached hydrogen (secondary N) is 2. The van der Waals surface area contributed by atoms with Gasteiger partial charge in [0, 0.05) is 18.7 Å². The molecule has 0 aliphatic heterocycles. The highest BCUT2D eigenvalue weighted by Crippen LogP contribution is 2.06. The summed E-state index contributed by atoms with van der Waals surface area (Å²) in [6.45, 7) is 4.18. The van der Waals surface area contributed by atoms with Crippen LogP contribution >= 0.6 is 0 Å². The van der Waals surface area contributed by atoms with Crippen molar-refractivity contribution in [1.82, 2.24) is 10.6 Å². The quantitative estimate of drug-likeness (QED) is 0.393. The zero-order valence-corrected chi connectivity index (χ0v) is 14.7. The number of nitrogens with two attached hydrogens (primary N) is 1. The Balaban J connectivity index is 1.85. The molecule has 25 heavy (non-hydrogen) atoms. The lowest BCUT2D eigenvalue weighted by Gasteiger charge is -2.11. The first-order chi connectivity index (χ1) is 12.2. The monoisotopic (exact) mass is 338 g/mol. The van der Waals surface area contributed by atoms with Crippen LogP contribution in [0.15, 0.2) is 59.6 Å². The van der Waals surface area contributed by atoms with Crippen molar-refractivity contribution < 1.29 is 4.79 Å². The first-order valence-electron chi connectivity index (χ1n) is 8.64. The molecule has 0 heterocycles. The number of guanidine groups is 1. The lowest BCUT2D eigenvalue weighted by Crippen LogP contribution is -2.37. The molecule has 2 rings (SSSR count). The Morgan fingerprint density at radius 3 is 2.52 bits per heavy atom. The molecule has 0 saturated heterocycles. The molecule has 132 valence electrons. The molecular formula is C20H26N4O. The van der Waals surface area contributed by atoms with Crippen LogP contribution in [0.25, 0.3) is 0 Å². The van der Waals surface area contributed by atoms with Crippen LogP contribution in [0.1, 0.15) is 34.8 Å². The summed E-state index contributed by atoms with van der Waals surface area (Å²) in [7, 11) is 0. The van der Waals surface area contributed by atoms with E-state index in [0.717, 1.165) is 37.5 Å². The number of carbonyl (C=O) groups excluding carboxylic acids is 1. The van der Waals surface area contributed by atoms with Gasteiger partial charge in [-0.25, -0.2) is 4.99 Å². The van der Waals surface area contributed by atoms with Gasteiger partial charge in [-0.2, -0.15) is 0 Å². The summed E-state index contributed by atoms with van der Waals surface area (Å²) >= 11 is 0. The van der Waals surface area contributed by atoms with Gasteiger partial charge in [0.25, 0.3) is 0 Å². The van der Waals surface area contributed by atoms with Gasteiger partial charge in [0.2, 0.25) is 5.91 Å². The number of amides is 1. The summed E-state index contributed by atoms with van der Waals surface area (Å²) in [5, 5.41) is 6.58. The molecule has 0 aliphatic carbocycles. The Hall–Kier alpha value is -2.82. The van der Waals surface area contributed by atoms with Crippen LogP contribution in [-0.2, 0) is 13.0 Å². The highest BCUT2D eigenvalue weighted by Gasteiger charge is 2.02. The minimum atomic E-state index is -0.420. The van der Waals surface area contributed by atoms with Gasteiger partial charge >= 0.3 is 0 Å². The molecule has 0 aliphatic rings. The number of benzene rings is 2. The summed E-state index contributed by atoms with van der Waals surface area (Å²) in [6.07, 6.45) is 2.07. The Labute approximate surface area is 149 Å². The Morgan fingerprint density at radius 1 is 1.04 bits per heavy atom. The van der Waals surface area contributed by atoms with Gasteiger partial charge in [-0.05, 0) is 43.0 Å². The van der Waals surface area contributed by atoms with Crippen LogP contribution in [0.4, 0.5) is 0 Å². The molecule has 0 bridgehead atoms. The Morgan fingerprint density at radius 2 is 1.80 bits per heavy atom. The molecule has 4 N–H and O–H groups in total. The van der Waals surface area contributed by atoms with Gasteiger partial charge in [-0.15, -0.1) is 0 Å². The van der Waals surface area contributed by atoms with Crippen LogP contribution in [0.3, 0.4) is 0 Å². The van der Waals surface area contributed by atoms with Crippen LogP contribution in [-0.4, -0.2) is 25.0 Å². The maximum Gasteiger partial charge on any atom is 0.248 e. The second-order valence-corrected chi connectivity index (χ2v) is 5.78. The number of aryl methyl sites for hydroxylation is 1. The molecular weight excluding hydrogens is 312 g/mol. The molecule has 5 heteroatoms. The second-order valence-electron chi connectivity index (χ2n) is 5.78. The SMILES string of the molecule is CCNC(=NCc1cccc(C(N)=O)c1)NCCCc1ccccc1. The van der Waals surface area contributed by atoms with Crippen molar-refractivity contribution >= 4 is 11.9 Å². The predicted octanol–water partition coefficient (Wildman–Crippen LogP) is 2.47. The summed E-state index contributed by atoms with van der Waals surface area (Å²) in [5.41, 5.74) is 8.12. The molecule has 1 amide bonds. The Bertz CT molecular complexity index is 698. The molecule has 2 aromatic carbocycles. The van der Waals surface area contributed by atoms with E-state index in [1.165, 1.54) is 5.56 Å². The lowest BCUT2D eigenvalue weighted by molar-refractivity contribution is 0.1000. The van der Waals surface area contributed by atoms with Crippen LogP contribution in [0, 0.1) is 0 Å². The summed E-state index contributed by atoms with van der Waals surface area (Å²) in [6, 6.07) is 17.7. The van der Waals surface area contributed by atoms with E-state index in [2.05, 4.69) is 39.9 Å². The van der Waals surface area contributed by atoms with E-state index in [-0.39, 0.29) is 0 Å². The van der Waals surface area contributed by atoms with E-state index in [4.69, 9.17) is 5.73 Å². The van der Waals surface area contributed by atoms with E-state index in [0.29, 0.717) is 12.1 Å². The first-order valence-corrected chi connectivity index (χ1v) is 8.64. The van der Waals surface area contributed by atoms with Crippen molar-refractivity contribution in [3.63, 3.8) is 0 Å². The number of carbonyl (C=O) groups is 1. The normalized spacial score (nSPS) is 11.2. The number of rotatable bonds is 8. The summed E-state index contributed by atoms with van der Waals surface area (Å²) in [5.74, 6) is 0.358. The molecule has 5 nitrogen and oxygen atoms in total. The molecule has 0 spiro atoms. The largest absolute Gasteiger partial charge is 0.366 e. The standard InChI is InChI=1S/C20H26N4O/c1-2-22-20(23-13-7-11-16-8-4-3-5-9-16)24-15-17-10-6-12-18(14-17)19(21)25/h3-6,8-10,12,14H,2,7,11,13,15H2,1H3,(H2,21,25)(H2,22,23,24). The van der Waals surface area contributed by atoms with E-state index in [9.17, 15) is 4.79 Å². The zero-order valence-electron chi connectivity index (χ0n) is 14.7. The summed E-state index contributed by atoms with van der Waals surface area (Å²) in [4.78, 5) is 15.8. The number of hydrogen-bond donors (Lipinski definition) is 3. The van der Waals surface area contributed by atoms with E-state index in [1.54, 1.807) is 12.1 Å². The molecule has 0 saturated carbocycles. The van der Waals surface area contributed by atoms with E-state index < -0.39 is 5.91 Å². The minimum absolute atomic E-state index is 0.420. The maximum absolute atomic E-state index is 11.2. The fraction of sp³-hybridized carbons (Fsp3) is 0.300. The fourth-order valence-electron chi connectivity index (χ4n) is 2.48.